The second-order valence-corrected chi connectivity index (χ2v) is 8.65. The molecule has 0 spiro atoms. The van der Waals surface area contributed by atoms with Gasteiger partial charge < -0.3 is 15.3 Å². The fourth-order valence-corrected chi connectivity index (χ4v) is 4.86. The van der Waals surface area contributed by atoms with Crippen LogP contribution in [-0.4, -0.2) is 33.2 Å². The van der Waals surface area contributed by atoms with E-state index in [-0.39, 0.29) is 16.7 Å². The van der Waals surface area contributed by atoms with Crippen molar-refractivity contribution in [2.24, 2.45) is 0 Å². The molecule has 6 nitrogen and oxygen atoms in total. The first-order chi connectivity index (χ1) is 17.1. The molecule has 0 unspecified atom stereocenters. The van der Waals surface area contributed by atoms with E-state index in [1.165, 1.54) is 0 Å². The van der Waals surface area contributed by atoms with E-state index >= 15 is 0 Å². The highest BCUT2D eigenvalue weighted by molar-refractivity contribution is 5.95. The largest absolute Gasteiger partial charge is 0.478 e. The summed E-state index contributed by atoms with van der Waals surface area (Å²) in [6.07, 6.45) is 0. The maximum absolute atomic E-state index is 11.4. The minimum atomic E-state index is -1.00. The molecular weight excluding hydrogens is 456 g/mol. The minimum absolute atomic E-state index is 0.190. The third-order valence-electron chi connectivity index (χ3n) is 6.51. The van der Waals surface area contributed by atoms with Crippen LogP contribution in [0, 0.1) is 20.8 Å². The zero-order valence-corrected chi connectivity index (χ0v) is 20.0. The van der Waals surface area contributed by atoms with Gasteiger partial charge in [0.15, 0.2) is 0 Å². The Hall–Kier alpha value is -4.71. The van der Waals surface area contributed by atoms with Crippen LogP contribution in [0.5, 0.6) is 0 Å². The van der Waals surface area contributed by atoms with Crippen LogP contribution < -0.4 is 0 Å². The van der Waals surface area contributed by atoms with Crippen molar-refractivity contribution in [1.29, 1.82) is 0 Å². The first-order valence-corrected chi connectivity index (χ1v) is 11.2. The molecule has 0 amide bonds. The predicted octanol–water partition coefficient (Wildman–Crippen LogP) is 6.71. The molecule has 4 aromatic carbocycles. The van der Waals surface area contributed by atoms with E-state index in [1.807, 2.05) is 20.8 Å². The van der Waals surface area contributed by atoms with Crippen LogP contribution in [0.15, 0.2) is 72.8 Å². The first kappa shape index (κ1) is 24.4. The number of hydrogen-bond donors (Lipinski definition) is 3. The standard InChI is InChI=1S/C30H24O6/c1-16-25(19-4-10-22(11-5-19)28(31)32)17(2)27(21-8-14-24(15-9-21)30(35)36)18(3)26(16)20-6-12-23(13-7-20)29(33)34/h4-15H,1-3H3,(H,31,32)(H,33,34)(H,35,36). The molecule has 0 fully saturated rings. The summed E-state index contributed by atoms with van der Waals surface area (Å²) in [4.78, 5) is 34.1. The Balaban J connectivity index is 2.02. The highest BCUT2D eigenvalue weighted by Crippen LogP contribution is 2.43. The summed E-state index contributed by atoms with van der Waals surface area (Å²) in [6, 6.07) is 20.1. The molecule has 3 N–H and O–H groups in total. The van der Waals surface area contributed by atoms with Crippen molar-refractivity contribution in [2.75, 3.05) is 0 Å². The summed E-state index contributed by atoms with van der Waals surface area (Å²) >= 11 is 0. The van der Waals surface area contributed by atoms with Gasteiger partial charge in [-0.05, 0) is 107 Å². The molecule has 0 aliphatic heterocycles. The number of carboxylic acid groups (broad SMARTS) is 3. The van der Waals surface area contributed by atoms with Crippen molar-refractivity contribution in [3.05, 3.63) is 106 Å². The van der Waals surface area contributed by atoms with Crippen LogP contribution in [-0.2, 0) is 0 Å². The number of hydrogen-bond acceptors (Lipinski definition) is 3. The van der Waals surface area contributed by atoms with Gasteiger partial charge in [0.1, 0.15) is 0 Å². The Morgan fingerprint density at radius 1 is 0.417 bits per heavy atom. The lowest BCUT2D eigenvalue weighted by molar-refractivity contribution is 0.0686. The Morgan fingerprint density at radius 3 is 0.778 bits per heavy atom. The number of carboxylic acids is 3. The summed E-state index contributed by atoms with van der Waals surface area (Å²) < 4.78 is 0. The van der Waals surface area contributed by atoms with Crippen molar-refractivity contribution >= 4 is 17.9 Å². The monoisotopic (exact) mass is 480 g/mol. The van der Waals surface area contributed by atoms with Gasteiger partial charge in [0.05, 0.1) is 16.7 Å². The SMILES string of the molecule is Cc1c(-c2ccc(C(=O)O)cc2)c(C)c(-c2ccc(C(=O)O)cc2)c(C)c1-c1ccc(C(=O)O)cc1. The van der Waals surface area contributed by atoms with E-state index in [0.717, 1.165) is 50.1 Å². The summed E-state index contributed by atoms with van der Waals surface area (Å²) in [5.41, 5.74) is 8.85. The smallest absolute Gasteiger partial charge is 0.335 e. The lowest BCUT2D eigenvalue weighted by Crippen LogP contribution is -2.02. The minimum Gasteiger partial charge on any atom is -0.478 e. The van der Waals surface area contributed by atoms with Gasteiger partial charge in [0.2, 0.25) is 0 Å². The Labute approximate surface area is 208 Å². The fraction of sp³-hybridized carbons (Fsp3) is 0.100. The molecule has 0 aliphatic carbocycles. The van der Waals surface area contributed by atoms with Crippen LogP contribution in [0.2, 0.25) is 0 Å². The van der Waals surface area contributed by atoms with Crippen LogP contribution in [0.25, 0.3) is 33.4 Å². The molecule has 0 aromatic heterocycles. The van der Waals surface area contributed by atoms with Gasteiger partial charge in [0.25, 0.3) is 0 Å². The van der Waals surface area contributed by atoms with Gasteiger partial charge in [-0.15, -0.1) is 0 Å². The van der Waals surface area contributed by atoms with Crippen molar-refractivity contribution in [3.63, 3.8) is 0 Å². The maximum Gasteiger partial charge on any atom is 0.335 e. The summed E-state index contributed by atoms with van der Waals surface area (Å²) in [5.74, 6) is -3.01. The van der Waals surface area contributed by atoms with Gasteiger partial charge in [-0.2, -0.15) is 0 Å². The van der Waals surface area contributed by atoms with Gasteiger partial charge in [0, 0.05) is 0 Å². The van der Waals surface area contributed by atoms with E-state index < -0.39 is 17.9 Å². The van der Waals surface area contributed by atoms with Gasteiger partial charge in [-0.25, -0.2) is 14.4 Å². The summed E-state index contributed by atoms with van der Waals surface area (Å²) in [5, 5.41) is 28.0. The molecule has 0 atom stereocenters. The van der Waals surface area contributed by atoms with Crippen molar-refractivity contribution in [1.82, 2.24) is 0 Å². The predicted molar refractivity (Wildman–Crippen MR) is 138 cm³/mol. The van der Waals surface area contributed by atoms with E-state index in [4.69, 9.17) is 0 Å². The lowest BCUT2D eigenvalue weighted by atomic mass is 9.80. The molecular formula is C30H24O6. The molecule has 4 rings (SSSR count). The third-order valence-corrected chi connectivity index (χ3v) is 6.51. The number of carbonyl (C=O) groups is 3. The zero-order chi connectivity index (χ0) is 26.1. The second-order valence-electron chi connectivity index (χ2n) is 8.65. The molecule has 0 saturated heterocycles. The Bertz CT molecular complexity index is 1290. The van der Waals surface area contributed by atoms with Crippen molar-refractivity contribution in [2.45, 2.75) is 20.8 Å². The summed E-state index contributed by atoms with van der Waals surface area (Å²) in [7, 11) is 0. The second kappa shape index (κ2) is 9.50. The van der Waals surface area contributed by atoms with Crippen LogP contribution in [0.3, 0.4) is 0 Å². The molecule has 180 valence electrons. The number of benzene rings is 4. The molecule has 0 saturated carbocycles. The Morgan fingerprint density at radius 2 is 0.611 bits per heavy atom. The van der Waals surface area contributed by atoms with Crippen LogP contribution in [0.4, 0.5) is 0 Å². The average Bonchev–Trinajstić information content (AvgIpc) is 2.85. The van der Waals surface area contributed by atoms with Crippen LogP contribution in [0.1, 0.15) is 47.8 Å². The average molecular weight is 481 g/mol. The highest BCUT2D eigenvalue weighted by atomic mass is 16.4. The van der Waals surface area contributed by atoms with E-state index in [2.05, 4.69) is 0 Å². The van der Waals surface area contributed by atoms with E-state index in [0.29, 0.717) is 0 Å². The van der Waals surface area contributed by atoms with Gasteiger partial charge >= 0.3 is 17.9 Å². The summed E-state index contributed by atoms with van der Waals surface area (Å²) in [6.45, 7) is 5.99. The maximum atomic E-state index is 11.4. The quantitative estimate of drug-likeness (QED) is 0.283. The van der Waals surface area contributed by atoms with Crippen molar-refractivity contribution in [3.8, 4) is 33.4 Å². The van der Waals surface area contributed by atoms with Crippen LogP contribution >= 0.6 is 0 Å². The Kier molecular flexibility index (Phi) is 6.45. The molecule has 0 bridgehead atoms. The first-order valence-electron chi connectivity index (χ1n) is 11.2. The highest BCUT2D eigenvalue weighted by Gasteiger charge is 2.21. The van der Waals surface area contributed by atoms with E-state index in [9.17, 15) is 29.7 Å². The molecule has 0 aliphatic rings. The van der Waals surface area contributed by atoms with E-state index in [1.54, 1.807) is 72.8 Å². The zero-order valence-electron chi connectivity index (χ0n) is 20.0. The molecule has 36 heavy (non-hydrogen) atoms. The fourth-order valence-electron chi connectivity index (χ4n) is 4.86. The topological polar surface area (TPSA) is 112 Å². The van der Waals surface area contributed by atoms with Gasteiger partial charge in [-0.1, -0.05) is 36.4 Å². The van der Waals surface area contributed by atoms with Crippen molar-refractivity contribution < 1.29 is 29.7 Å². The number of rotatable bonds is 6. The molecule has 0 radical (unpaired) electrons. The van der Waals surface area contributed by atoms with Gasteiger partial charge in [-0.3, -0.25) is 0 Å². The third kappa shape index (κ3) is 4.36. The molecule has 0 heterocycles. The molecule has 6 heteroatoms. The number of aromatic carboxylic acids is 3. The molecule has 4 aromatic rings. The normalized spacial score (nSPS) is 10.8. The lowest BCUT2D eigenvalue weighted by Gasteiger charge is -2.23.